The summed E-state index contributed by atoms with van der Waals surface area (Å²) in [5.74, 6) is -0.228. The fraction of sp³-hybridized carbons (Fsp3) is 0.333. The van der Waals surface area contributed by atoms with Crippen LogP contribution in [0.4, 0.5) is 0 Å². The van der Waals surface area contributed by atoms with Crippen LogP contribution in [0.15, 0.2) is 48.7 Å². The summed E-state index contributed by atoms with van der Waals surface area (Å²) >= 11 is 0. The number of rotatable bonds is 5. The van der Waals surface area contributed by atoms with Crippen LogP contribution in [-0.2, 0) is 13.0 Å². The molecule has 1 saturated heterocycles. The SMILES string of the molecule is O=C(O)c1ccc(CC2CCN(Cc3ccccn3)C2)cc1. The normalized spacial score (nSPS) is 18.5. The fourth-order valence-electron chi connectivity index (χ4n) is 3.06. The molecule has 1 fully saturated rings. The van der Waals surface area contributed by atoms with Crippen molar-refractivity contribution in [2.24, 2.45) is 5.92 Å². The Morgan fingerprint density at radius 3 is 2.73 bits per heavy atom. The van der Waals surface area contributed by atoms with Gasteiger partial charge in [-0.3, -0.25) is 9.88 Å². The van der Waals surface area contributed by atoms with Gasteiger partial charge in [0.05, 0.1) is 11.3 Å². The van der Waals surface area contributed by atoms with E-state index in [1.807, 2.05) is 30.5 Å². The topological polar surface area (TPSA) is 53.4 Å². The average molecular weight is 296 g/mol. The molecule has 4 heteroatoms. The molecule has 1 aromatic heterocycles. The molecule has 1 aromatic carbocycles. The van der Waals surface area contributed by atoms with Crippen LogP contribution in [-0.4, -0.2) is 34.0 Å². The number of pyridine rings is 1. The highest BCUT2D eigenvalue weighted by Gasteiger charge is 2.22. The van der Waals surface area contributed by atoms with Crippen molar-refractivity contribution in [3.8, 4) is 0 Å². The predicted molar refractivity (Wildman–Crippen MR) is 84.7 cm³/mol. The zero-order chi connectivity index (χ0) is 15.4. The maximum atomic E-state index is 10.9. The van der Waals surface area contributed by atoms with Gasteiger partial charge in [0, 0.05) is 19.3 Å². The van der Waals surface area contributed by atoms with Gasteiger partial charge in [-0.2, -0.15) is 0 Å². The molecule has 1 atom stereocenters. The van der Waals surface area contributed by atoms with E-state index < -0.39 is 5.97 Å². The molecule has 0 aliphatic carbocycles. The van der Waals surface area contributed by atoms with E-state index in [2.05, 4.69) is 16.0 Å². The number of benzene rings is 1. The van der Waals surface area contributed by atoms with Gasteiger partial charge >= 0.3 is 5.97 Å². The molecule has 1 unspecified atom stereocenters. The van der Waals surface area contributed by atoms with E-state index in [4.69, 9.17) is 5.11 Å². The van der Waals surface area contributed by atoms with E-state index in [1.165, 1.54) is 12.0 Å². The molecule has 0 bridgehead atoms. The third-order valence-corrected chi connectivity index (χ3v) is 4.21. The van der Waals surface area contributed by atoms with Crippen molar-refractivity contribution >= 4 is 5.97 Å². The number of nitrogens with zero attached hydrogens (tertiary/aromatic N) is 2. The molecule has 0 amide bonds. The van der Waals surface area contributed by atoms with Crippen LogP contribution >= 0.6 is 0 Å². The highest BCUT2D eigenvalue weighted by Crippen LogP contribution is 2.22. The number of likely N-dealkylation sites (tertiary alicyclic amines) is 1. The summed E-state index contributed by atoms with van der Waals surface area (Å²) in [4.78, 5) is 17.7. The number of hydrogen-bond acceptors (Lipinski definition) is 3. The molecule has 0 saturated carbocycles. The first-order valence-corrected chi connectivity index (χ1v) is 7.65. The summed E-state index contributed by atoms with van der Waals surface area (Å²) in [5, 5.41) is 8.92. The number of aromatic nitrogens is 1. The molecule has 2 aromatic rings. The summed E-state index contributed by atoms with van der Waals surface area (Å²) in [6, 6.07) is 13.3. The lowest BCUT2D eigenvalue weighted by molar-refractivity contribution is 0.0697. The molecule has 4 nitrogen and oxygen atoms in total. The Kier molecular flexibility index (Phi) is 4.49. The molecule has 114 valence electrons. The quantitative estimate of drug-likeness (QED) is 0.922. The second-order valence-electron chi connectivity index (χ2n) is 5.92. The summed E-state index contributed by atoms with van der Waals surface area (Å²) in [5.41, 5.74) is 2.69. The van der Waals surface area contributed by atoms with Crippen LogP contribution in [0, 0.1) is 5.92 Å². The molecular weight excluding hydrogens is 276 g/mol. The predicted octanol–water partition coefficient (Wildman–Crippen LogP) is 2.84. The number of carboxylic acids is 1. The lowest BCUT2D eigenvalue weighted by Gasteiger charge is -2.15. The smallest absolute Gasteiger partial charge is 0.335 e. The van der Waals surface area contributed by atoms with E-state index in [0.717, 1.165) is 31.7 Å². The number of carboxylic acid groups (broad SMARTS) is 1. The lowest BCUT2D eigenvalue weighted by atomic mass is 9.98. The third kappa shape index (κ3) is 3.71. The van der Waals surface area contributed by atoms with Crippen LogP contribution in [0.25, 0.3) is 0 Å². The summed E-state index contributed by atoms with van der Waals surface area (Å²) in [7, 11) is 0. The highest BCUT2D eigenvalue weighted by atomic mass is 16.4. The first kappa shape index (κ1) is 14.7. The molecule has 0 spiro atoms. The standard InChI is InChI=1S/C18H20N2O2/c21-18(22)16-6-4-14(5-7-16)11-15-8-10-20(12-15)13-17-3-1-2-9-19-17/h1-7,9,15H,8,10-13H2,(H,21,22). The third-order valence-electron chi connectivity index (χ3n) is 4.21. The van der Waals surface area contributed by atoms with Gasteiger partial charge in [-0.25, -0.2) is 4.79 Å². The Labute approximate surface area is 130 Å². The van der Waals surface area contributed by atoms with Crippen molar-refractivity contribution in [2.75, 3.05) is 13.1 Å². The summed E-state index contributed by atoms with van der Waals surface area (Å²) < 4.78 is 0. The molecular formula is C18H20N2O2. The molecule has 0 radical (unpaired) electrons. The van der Waals surface area contributed by atoms with Crippen LogP contribution in [0.1, 0.15) is 28.0 Å². The Morgan fingerprint density at radius 2 is 2.05 bits per heavy atom. The van der Waals surface area contributed by atoms with Gasteiger partial charge < -0.3 is 5.11 Å². The van der Waals surface area contributed by atoms with Gasteiger partial charge in [-0.1, -0.05) is 18.2 Å². The van der Waals surface area contributed by atoms with E-state index in [1.54, 1.807) is 12.1 Å². The lowest BCUT2D eigenvalue weighted by Crippen LogP contribution is -2.21. The number of aromatic carboxylic acids is 1. The van der Waals surface area contributed by atoms with Crippen molar-refractivity contribution < 1.29 is 9.90 Å². The van der Waals surface area contributed by atoms with Crippen molar-refractivity contribution in [2.45, 2.75) is 19.4 Å². The van der Waals surface area contributed by atoms with Crippen molar-refractivity contribution in [3.63, 3.8) is 0 Å². The number of carbonyl (C=O) groups is 1. The van der Waals surface area contributed by atoms with E-state index in [0.29, 0.717) is 11.5 Å². The second kappa shape index (κ2) is 6.71. The minimum absolute atomic E-state index is 0.354. The van der Waals surface area contributed by atoms with E-state index in [-0.39, 0.29) is 0 Å². The number of hydrogen-bond donors (Lipinski definition) is 1. The van der Waals surface area contributed by atoms with Crippen LogP contribution in [0.3, 0.4) is 0 Å². The van der Waals surface area contributed by atoms with Gasteiger partial charge in [-0.15, -0.1) is 0 Å². The Bertz CT molecular complexity index is 625. The van der Waals surface area contributed by atoms with Crippen LogP contribution < -0.4 is 0 Å². The van der Waals surface area contributed by atoms with Gasteiger partial charge in [0.15, 0.2) is 0 Å². The monoisotopic (exact) mass is 296 g/mol. The largest absolute Gasteiger partial charge is 0.478 e. The fourth-order valence-corrected chi connectivity index (χ4v) is 3.06. The Morgan fingerprint density at radius 1 is 1.23 bits per heavy atom. The van der Waals surface area contributed by atoms with Crippen molar-refractivity contribution in [1.29, 1.82) is 0 Å². The van der Waals surface area contributed by atoms with E-state index in [9.17, 15) is 4.79 Å². The Hall–Kier alpha value is -2.20. The Balaban J connectivity index is 1.53. The van der Waals surface area contributed by atoms with Gasteiger partial charge in [0.2, 0.25) is 0 Å². The summed E-state index contributed by atoms with van der Waals surface area (Å²) in [6.07, 6.45) is 4.04. The molecule has 2 heterocycles. The van der Waals surface area contributed by atoms with Crippen LogP contribution in [0.2, 0.25) is 0 Å². The minimum atomic E-state index is -0.867. The molecule has 1 aliphatic rings. The second-order valence-corrected chi connectivity index (χ2v) is 5.92. The first-order chi connectivity index (χ1) is 10.7. The van der Waals surface area contributed by atoms with Gasteiger partial charge in [0.25, 0.3) is 0 Å². The van der Waals surface area contributed by atoms with Crippen molar-refractivity contribution in [3.05, 3.63) is 65.5 Å². The first-order valence-electron chi connectivity index (χ1n) is 7.65. The zero-order valence-electron chi connectivity index (χ0n) is 12.5. The highest BCUT2D eigenvalue weighted by molar-refractivity contribution is 5.87. The van der Waals surface area contributed by atoms with Crippen molar-refractivity contribution in [1.82, 2.24) is 9.88 Å². The van der Waals surface area contributed by atoms with E-state index >= 15 is 0 Å². The minimum Gasteiger partial charge on any atom is -0.478 e. The van der Waals surface area contributed by atoms with Gasteiger partial charge in [0.1, 0.15) is 0 Å². The molecule has 1 N–H and O–H groups in total. The van der Waals surface area contributed by atoms with Gasteiger partial charge in [-0.05, 0) is 55.1 Å². The average Bonchev–Trinajstić information content (AvgIpc) is 2.96. The molecule has 1 aliphatic heterocycles. The molecule has 3 rings (SSSR count). The van der Waals surface area contributed by atoms with Crippen LogP contribution in [0.5, 0.6) is 0 Å². The summed E-state index contributed by atoms with van der Waals surface area (Å²) in [6.45, 7) is 3.10. The zero-order valence-corrected chi connectivity index (χ0v) is 12.5. The maximum Gasteiger partial charge on any atom is 0.335 e. The maximum absolute atomic E-state index is 10.9. The molecule has 22 heavy (non-hydrogen) atoms.